The minimum Gasteiger partial charge on any atom is -0.405 e. The van der Waals surface area contributed by atoms with E-state index in [-0.39, 0.29) is 6.04 Å². The van der Waals surface area contributed by atoms with E-state index in [0.29, 0.717) is 13.2 Å². The molecule has 0 amide bonds. The molecule has 0 bridgehead atoms. The van der Waals surface area contributed by atoms with Gasteiger partial charge >= 0.3 is 0 Å². The number of morpholine rings is 1. The highest BCUT2D eigenvalue weighted by molar-refractivity contribution is 6.17. The Morgan fingerprint density at radius 3 is 3.00 bits per heavy atom. The molecular formula is C20H23N7O. The van der Waals surface area contributed by atoms with Crippen molar-refractivity contribution in [2.75, 3.05) is 31.7 Å². The van der Waals surface area contributed by atoms with Gasteiger partial charge in [0.2, 0.25) is 0 Å². The number of hydrogen-bond acceptors (Lipinski definition) is 7. The van der Waals surface area contributed by atoms with Gasteiger partial charge in [0.15, 0.2) is 0 Å². The Balaban J connectivity index is 1.99. The van der Waals surface area contributed by atoms with Crippen molar-refractivity contribution in [3.63, 3.8) is 0 Å². The van der Waals surface area contributed by atoms with Crippen molar-refractivity contribution in [3.8, 4) is 11.4 Å². The van der Waals surface area contributed by atoms with E-state index >= 15 is 0 Å². The number of H-pyrrole nitrogens is 1. The highest BCUT2D eigenvalue weighted by Crippen LogP contribution is 2.30. The maximum absolute atomic E-state index is 5.67. The maximum atomic E-state index is 5.67. The van der Waals surface area contributed by atoms with Gasteiger partial charge in [0.05, 0.1) is 30.7 Å². The molecular weight excluding hydrogens is 354 g/mol. The Morgan fingerprint density at radius 1 is 1.39 bits per heavy atom. The van der Waals surface area contributed by atoms with Crippen LogP contribution in [0.1, 0.15) is 12.5 Å². The van der Waals surface area contributed by atoms with Crippen LogP contribution in [0.3, 0.4) is 0 Å². The Labute approximate surface area is 163 Å². The van der Waals surface area contributed by atoms with Crippen LogP contribution in [0.5, 0.6) is 0 Å². The first-order valence-corrected chi connectivity index (χ1v) is 9.22. The number of allylic oxidation sites excluding steroid dienone is 1. The van der Waals surface area contributed by atoms with Gasteiger partial charge in [-0.05, 0) is 37.4 Å². The molecule has 3 N–H and O–H groups in total. The summed E-state index contributed by atoms with van der Waals surface area (Å²) in [5.41, 5.74) is 9.79. The molecule has 1 saturated heterocycles. The summed E-state index contributed by atoms with van der Waals surface area (Å²) in [6, 6.07) is 6.15. The zero-order valence-corrected chi connectivity index (χ0v) is 16.0. The molecule has 1 fully saturated rings. The molecule has 144 valence electrons. The smallest absolute Gasteiger partial charge is 0.130 e. The van der Waals surface area contributed by atoms with Crippen molar-refractivity contribution in [1.82, 2.24) is 20.2 Å². The van der Waals surface area contributed by atoms with E-state index in [9.17, 15) is 0 Å². The molecule has 0 saturated carbocycles. The van der Waals surface area contributed by atoms with Crippen molar-refractivity contribution in [2.24, 2.45) is 10.7 Å². The van der Waals surface area contributed by atoms with Gasteiger partial charge in [-0.2, -0.15) is 5.10 Å². The van der Waals surface area contributed by atoms with Crippen molar-refractivity contribution >= 4 is 22.4 Å². The average Bonchev–Trinajstić information content (AvgIpc) is 3.26. The first kappa shape index (κ1) is 18.1. The zero-order valence-electron chi connectivity index (χ0n) is 16.0. The first-order valence-electron chi connectivity index (χ1n) is 9.22. The van der Waals surface area contributed by atoms with Crippen LogP contribution >= 0.6 is 0 Å². The van der Waals surface area contributed by atoms with E-state index in [0.717, 1.165) is 45.9 Å². The number of rotatable bonds is 4. The largest absolute Gasteiger partial charge is 0.405 e. The Hall–Kier alpha value is -3.26. The molecule has 3 aromatic heterocycles. The van der Waals surface area contributed by atoms with Crippen LogP contribution in [0.15, 0.2) is 47.9 Å². The lowest BCUT2D eigenvalue weighted by molar-refractivity contribution is 0.0986. The second-order valence-corrected chi connectivity index (χ2v) is 6.64. The molecule has 4 heterocycles. The zero-order chi connectivity index (χ0) is 19.5. The Kier molecular flexibility index (Phi) is 5.03. The normalized spacial score (nSPS) is 18.3. The maximum Gasteiger partial charge on any atom is 0.130 e. The van der Waals surface area contributed by atoms with E-state index in [1.54, 1.807) is 25.5 Å². The van der Waals surface area contributed by atoms with Gasteiger partial charge in [0, 0.05) is 36.9 Å². The third-order valence-corrected chi connectivity index (χ3v) is 4.90. The highest BCUT2D eigenvalue weighted by atomic mass is 16.5. The molecule has 0 aromatic carbocycles. The predicted molar refractivity (Wildman–Crippen MR) is 111 cm³/mol. The number of aromatic amines is 1. The first-order chi connectivity index (χ1) is 13.7. The molecule has 28 heavy (non-hydrogen) atoms. The highest BCUT2D eigenvalue weighted by Gasteiger charge is 2.23. The summed E-state index contributed by atoms with van der Waals surface area (Å²) in [6.45, 7) is 4.27. The molecule has 3 aromatic rings. The van der Waals surface area contributed by atoms with Crippen LogP contribution in [0.2, 0.25) is 0 Å². The quantitative estimate of drug-likeness (QED) is 0.675. The summed E-state index contributed by atoms with van der Waals surface area (Å²) in [5.74, 6) is 0.874. The molecule has 1 aliphatic rings. The molecule has 1 atom stereocenters. The number of pyridine rings is 2. The van der Waals surface area contributed by atoms with E-state index in [4.69, 9.17) is 15.5 Å². The fourth-order valence-electron chi connectivity index (χ4n) is 3.53. The van der Waals surface area contributed by atoms with Crippen molar-refractivity contribution in [3.05, 3.63) is 48.4 Å². The minimum absolute atomic E-state index is 0.228. The summed E-state index contributed by atoms with van der Waals surface area (Å²) in [4.78, 5) is 16.3. The summed E-state index contributed by atoms with van der Waals surface area (Å²) >= 11 is 0. The van der Waals surface area contributed by atoms with Crippen molar-refractivity contribution in [2.45, 2.75) is 13.0 Å². The summed E-state index contributed by atoms with van der Waals surface area (Å²) in [5, 5.41) is 8.01. The van der Waals surface area contributed by atoms with Gasteiger partial charge in [0.1, 0.15) is 17.0 Å². The molecule has 4 rings (SSSR count). The molecule has 8 heteroatoms. The van der Waals surface area contributed by atoms with Crippen LogP contribution in [0.25, 0.3) is 22.3 Å². The number of hydrogen-bond donors (Lipinski definition) is 2. The summed E-state index contributed by atoms with van der Waals surface area (Å²) < 4.78 is 5.59. The second-order valence-electron chi connectivity index (χ2n) is 6.64. The average molecular weight is 377 g/mol. The fourth-order valence-corrected chi connectivity index (χ4v) is 3.53. The van der Waals surface area contributed by atoms with E-state index in [1.165, 1.54) is 6.20 Å². The molecule has 8 nitrogen and oxygen atoms in total. The molecule has 0 unspecified atom stereocenters. The number of fused-ring (bicyclic) bond motifs is 1. The number of nitrogens with two attached hydrogens (primary N) is 1. The molecule has 0 aliphatic carbocycles. The van der Waals surface area contributed by atoms with E-state index in [1.807, 2.05) is 12.1 Å². The monoisotopic (exact) mass is 377 g/mol. The van der Waals surface area contributed by atoms with Crippen LogP contribution in [-0.2, 0) is 4.74 Å². The van der Waals surface area contributed by atoms with Gasteiger partial charge < -0.3 is 15.4 Å². The Morgan fingerprint density at radius 2 is 2.29 bits per heavy atom. The van der Waals surface area contributed by atoms with Crippen LogP contribution < -0.4 is 10.6 Å². The van der Waals surface area contributed by atoms with E-state index < -0.39 is 0 Å². The standard InChI is InChI=1S/C20H23N7O/c1-13-12-28-10-9-27(13)18-11-15(16(22-2)3-6-21)14-4-7-23-20(19(14)25-18)17-5-8-24-26-17/h3-8,11,13H,9-10,12,21H2,1-2H3,(H,24,26)/b6-3-,22-16?/t13-/m1/s1. The van der Waals surface area contributed by atoms with Crippen LogP contribution in [-0.4, -0.2) is 58.7 Å². The second kappa shape index (κ2) is 7.77. The lowest BCUT2D eigenvalue weighted by Gasteiger charge is -2.34. The number of nitrogens with one attached hydrogen (secondary N) is 1. The summed E-state index contributed by atoms with van der Waals surface area (Å²) in [6.07, 6.45) is 6.79. The number of aromatic nitrogens is 4. The Bertz CT molecular complexity index is 1030. The van der Waals surface area contributed by atoms with Crippen LogP contribution in [0, 0.1) is 0 Å². The van der Waals surface area contributed by atoms with Crippen molar-refractivity contribution < 1.29 is 4.74 Å². The van der Waals surface area contributed by atoms with Gasteiger partial charge in [-0.1, -0.05) is 0 Å². The third kappa shape index (κ3) is 3.22. The SMILES string of the molecule is CN=C(/C=C\N)c1cc(N2CCOC[C@H]2C)nc2c(-c3ccn[nH]3)nccc12. The van der Waals surface area contributed by atoms with Crippen molar-refractivity contribution in [1.29, 1.82) is 0 Å². The van der Waals surface area contributed by atoms with Gasteiger partial charge in [0.25, 0.3) is 0 Å². The van der Waals surface area contributed by atoms with Gasteiger partial charge in [-0.3, -0.25) is 15.1 Å². The van der Waals surface area contributed by atoms with Gasteiger partial charge in [-0.25, -0.2) is 4.98 Å². The summed E-state index contributed by atoms with van der Waals surface area (Å²) in [7, 11) is 1.76. The fraction of sp³-hybridized carbons (Fsp3) is 0.300. The van der Waals surface area contributed by atoms with Gasteiger partial charge in [-0.15, -0.1) is 0 Å². The third-order valence-electron chi connectivity index (χ3n) is 4.90. The number of ether oxygens (including phenoxy) is 1. The topological polar surface area (TPSA) is 105 Å². The minimum atomic E-state index is 0.228. The molecule has 0 radical (unpaired) electrons. The predicted octanol–water partition coefficient (Wildman–Crippen LogP) is 2.14. The van der Waals surface area contributed by atoms with Crippen LogP contribution in [0.4, 0.5) is 5.82 Å². The number of anilines is 1. The molecule has 0 spiro atoms. The van der Waals surface area contributed by atoms with E-state index in [2.05, 4.69) is 38.1 Å². The number of nitrogens with zero attached hydrogens (tertiary/aromatic N) is 5. The lowest BCUT2D eigenvalue weighted by Crippen LogP contribution is -2.44. The number of aliphatic imine (C=N–C) groups is 1. The molecule has 1 aliphatic heterocycles. The lowest BCUT2D eigenvalue weighted by atomic mass is 10.0.